The van der Waals surface area contributed by atoms with Crippen LogP contribution in [0.1, 0.15) is 30.1 Å². The van der Waals surface area contributed by atoms with Gasteiger partial charge in [-0.2, -0.15) is 0 Å². The van der Waals surface area contributed by atoms with E-state index >= 15 is 0 Å². The highest BCUT2D eigenvalue weighted by Crippen LogP contribution is 2.18. The molecule has 6 heteroatoms. The van der Waals surface area contributed by atoms with Gasteiger partial charge in [0, 0.05) is 6.54 Å². The molecule has 1 aliphatic rings. The highest BCUT2D eigenvalue weighted by Gasteiger charge is 2.19. The van der Waals surface area contributed by atoms with E-state index in [1.807, 2.05) is 0 Å². The van der Waals surface area contributed by atoms with E-state index in [2.05, 4.69) is 22.1 Å². The van der Waals surface area contributed by atoms with Crippen LogP contribution in [0.15, 0.2) is 12.1 Å². The average molecular weight is 316 g/mol. The number of hydrogen-bond donors (Lipinski definition) is 1. The minimum Gasteiger partial charge on any atom is -0.352 e. The monoisotopic (exact) mass is 315 g/mol. The summed E-state index contributed by atoms with van der Waals surface area (Å²) in [5.74, 6) is 0.359. The summed E-state index contributed by atoms with van der Waals surface area (Å²) in [6, 6.07) is 3.18. The number of carbonyl (C=O) groups excluding carboxylic acids is 1. The van der Waals surface area contributed by atoms with Gasteiger partial charge in [-0.25, -0.2) is 4.98 Å². The third-order valence-electron chi connectivity index (χ3n) is 3.77. The summed E-state index contributed by atoms with van der Waals surface area (Å²) in [7, 11) is 0. The van der Waals surface area contributed by atoms with Gasteiger partial charge in [0.2, 0.25) is 0 Å². The highest BCUT2D eigenvalue weighted by molar-refractivity contribution is 6.34. The maximum absolute atomic E-state index is 12.1. The maximum atomic E-state index is 12.1. The smallest absolute Gasteiger partial charge is 0.254 e. The van der Waals surface area contributed by atoms with Crippen molar-refractivity contribution in [3.8, 4) is 0 Å². The minimum atomic E-state index is -0.183. The Morgan fingerprint density at radius 3 is 2.70 bits per heavy atom. The van der Waals surface area contributed by atoms with E-state index in [-0.39, 0.29) is 11.1 Å². The van der Waals surface area contributed by atoms with Gasteiger partial charge in [-0.1, -0.05) is 30.1 Å². The van der Waals surface area contributed by atoms with Crippen molar-refractivity contribution in [3.05, 3.63) is 28.0 Å². The predicted octanol–water partition coefficient (Wildman–Crippen LogP) is 2.85. The van der Waals surface area contributed by atoms with Crippen molar-refractivity contribution in [2.45, 2.75) is 19.8 Å². The second-order valence-electron chi connectivity index (χ2n) is 5.06. The van der Waals surface area contributed by atoms with Gasteiger partial charge in [-0.3, -0.25) is 4.79 Å². The molecule has 0 atom stereocenters. The molecule has 2 rings (SSSR count). The van der Waals surface area contributed by atoms with Gasteiger partial charge in [-0.15, -0.1) is 0 Å². The summed E-state index contributed by atoms with van der Waals surface area (Å²) in [6.07, 6.45) is 2.25. The van der Waals surface area contributed by atoms with Gasteiger partial charge in [0.1, 0.15) is 10.3 Å². The number of hydrogen-bond acceptors (Lipinski definition) is 3. The molecular formula is C14H19Cl2N3O. The third kappa shape index (κ3) is 4.08. The molecule has 20 heavy (non-hydrogen) atoms. The lowest BCUT2D eigenvalue weighted by Gasteiger charge is -2.31. The first kappa shape index (κ1) is 15.5. The summed E-state index contributed by atoms with van der Waals surface area (Å²) in [4.78, 5) is 18.4. The number of carbonyl (C=O) groups is 1. The Balaban J connectivity index is 1.83. The minimum absolute atomic E-state index is 0.149. The van der Waals surface area contributed by atoms with Crippen LogP contribution in [0.4, 0.5) is 0 Å². The number of piperidine rings is 1. The number of likely N-dealkylation sites (tertiary alicyclic amines) is 1. The third-order valence-corrected chi connectivity index (χ3v) is 4.26. The lowest BCUT2D eigenvalue weighted by Crippen LogP contribution is -2.38. The molecule has 2 heterocycles. The first-order valence-corrected chi connectivity index (χ1v) is 7.68. The van der Waals surface area contributed by atoms with E-state index in [1.165, 1.54) is 0 Å². The quantitative estimate of drug-likeness (QED) is 0.869. The molecule has 0 aliphatic carbocycles. The standard InChI is InChI=1S/C14H19Cl2N3O/c1-2-19-7-5-10(6-8-19)9-17-14(20)11-3-4-12(15)18-13(11)16/h3-4,10H,2,5-9H2,1H3,(H,17,20). The SMILES string of the molecule is CCN1CCC(CNC(=O)c2ccc(Cl)nc2Cl)CC1. The normalized spacial score (nSPS) is 17.1. The van der Waals surface area contributed by atoms with E-state index in [1.54, 1.807) is 12.1 Å². The molecule has 0 radical (unpaired) electrons. The number of halogens is 2. The molecule has 1 saturated heterocycles. The largest absolute Gasteiger partial charge is 0.352 e. The molecule has 1 N–H and O–H groups in total. The van der Waals surface area contributed by atoms with E-state index in [4.69, 9.17) is 23.2 Å². The van der Waals surface area contributed by atoms with Crippen molar-refractivity contribution < 1.29 is 4.79 Å². The maximum Gasteiger partial charge on any atom is 0.254 e. The Kier molecular flexibility index (Phi) is 5.64. The van der Waals surface area contributed by atoms with Crippen LogP contribution in [-0.4, -0.2) is 42.0 Å². The Morgan fingerprint density at radius 2 is 2.10 bits per heavy atom. The van der Waals surface area contributed by atoms with Crippen LogP contribution in [0.5, 0.6) is 0 Å². The summed E-state index contributed by atoms with van der Waals surface area (Å²) in [5, 5.41) is 3.38. The van der Waals surface area contributed by atoms with Gasteiger partial charge in [-0.05, 0) is 50.5 Å². The Labute approximate surface area is 129 Å². The second-order valence-corrected chi connectivity index (χ2v) is 5.81. The summed E-state index contributed by atoms with van der Waals surface area (Å²) in [6.45, 7) is 6.19. The van der Waals surface area contributed by atoms with Gasteiger partial charge < -0.3 is 10.2 Å². The van der Waals surface area contributed by atoms with E-state index in [9.17, 15) is 4.79 Å². The van der Waals surface area contributed by atoms with Gasteiger partial charge in [0.25, 0.3) is 5.91 Å². The summed E-state index contributed by atoms with van der Waals surface area (Å²) in [5.41, 5.74) is 0.377. The number of rotatable bonds is 4. The molecule has 0 saturated carbocycles. The lowest BCUT2D eigenvalue weighted by atomic mass is 9.97. The molecule has 0 unspecified atom stereocenters. The number of aromatic nitrogens is 1. The van der Waals surface area contributed by atoms with E-state index in [0.717, 1.165) is 32.5 Å². The number of amides is 1. The van der Waals surface area contributed by atoms with Gasteiger partial charge in [0.05, 0.1) is 5.56 Å². The van der Waals surface area contributed by atoms with Crippen molar-refractivity contribution >= 4 is 29.1 Å². The average Bonchev–Trinajstić information content (AvgIpc) is 2.45. The molecule has 0 aromatic carbocycles. The first-order chi connectivity index (χ1) is 9.60. The molecule has 1 fully saturated rings. The Hall–Kier alpha value is -0.840. The van der Waals surface area contributed by atoms with Crippen molar-refractivity contribution in [2.75, 3.05) is 26.2 Å². The number of pyridine rings is 1. The predicted molar refractivity (Wildman–Crippen MR) is 81.4 cm³/mol. The molecule has 1 aromatic rings. The van der Waals surface area contributed by atoms with Crippen molar-refractivity contribution in [3.63, 3.8) is 0 Å². The van der Waals surface area contributed by atoms with Crippen LogP contribution < -0.4 is 5.32 Å². The van der Waals surface area contributed by atoms with Crippen molar-refractivity contribution in [1.29, 1.82) is 0 Å². The fourth-order valence-corrected chi connectivity index (χ4v) is 2.85. The Bertz CT molecular complexity index is 473. The van der Waals surface area contributed by atoms with Gasteiger partial charge in [0.15, 0.2) is 0 Å². The first-order valence-electron chi connectivity index (χ1n) is 6.92. The lowest BCUT2D eigenvalue weighted by molar-refractivity contribution is 0.0936. The zero-order valence-corrected chi connectivity index (χ0v) is 13.0. The molecular weight excluding hydrogens is 297 g/mol. The molecule has 0 bridgehead atoms. The highest BCUT2D eigenvalue weighted by atomic mass is 35.5. The number of nitrogens with one attached hydrogen (secondary N) is 1. The van der Waals surface area contributed by atoms with E-state index < -0.39 is 0 Å². The van der Waals surface area contributed by atoms with Crippen molar-refractivity contribution in [1.82, 2.24) is 15.2 Å². The zero-order valence-electron chi connectivity index (χ0n) is 11.5. The molecule has 1 aliphatic heterocycles. The molecule has 1 amide bonds. The van der Waals surface area contributed by atoms with Crippen LogP contribution in [0.3, 0.4) is 0 Å². The second kappa shape index (κ2) is 7.25. The van der Waals surface area contributed by atoms with Crippen LogP contribution in [-0.2, 0) is 0 Å². The molecule has 0 spiro atoms. The van der Waals surface area contributed by atoms with Crippen molar-refractivity contribution in [2.24, 2.45) is 5.92 Å². The summed E-state index contributed by atoms with van der Waals surface area (Å²) < 4.78 is 0. The van der Waals surface area contributed by atoms with Gasteiger partial charge >= 0.3 is 0 Å². The summed E-state index contributed by atoms with van der Waals surface area (Å²) >= 11 is 11.6. The zero-order chi connectivity index (χ0) is 14.5. The van der Waals surface area contributed by atoms with Crippen LogP contribution in [0.2, 0.25) is 10.3 Å². The molecule has 110 valence electrons. The fraction of sp³-hybridized carbons (Fsp3) is 0.571. The fourth-order valence-electron chi connectivity index (χ4n) is 2.42. The Morgan fingerprint density at radius 1 is 1.40 bits per heavy atom. The topological polar surface area (TPSA) is 45.2 Å². The van der Waals surface area contributed by atoms with Crippen LogP contribution in [0, 0.1) is 5.92 Å². The van der Waals surface area contributed by atoms with Crippen LogP contribution in [0.25, 0.3) is 0 Å². The van der Waals surface area contributed by atoms with E-state index in [0.29, 0.717) is 23.2 Å². The molecule has 1 aromatic heterocycles. The molecule has 4 nitrogen and oxygen atoms in total. The number of nitrogens with zero attached hydrogens (tertiary/aromatic N) is 2. The van der Waals surface area contributed by atoms with Crippen LogP contribution >= 0.6 is 23.2 Å².